The third-order valence-corrected chi connectivity index (χ3v) is 2.17. The summed E-state index contributed by atoms with van der Waals surface area (Å²) in [5.74, 6) is 0.131. The fourth-order valence-corrected chi connectivity index (χ4v) is 1.33. The van der Waals surface area contributed by atoms with Crippen LogP contribution in [0.5, 0.6) is 0 Å². The molecule has 5 nitrogen and oxygen atoms in total. The van der Waals surface area contributed by atoms with Crippen LogP contribution in [0.25, 0.3) is 0 Å². The summed E-state index contributed by atoms with van der Waals surface area (Å²) in [5, 5.41) is 11.6. The van der Waals surface area contributed by atoms with Gasteiger partial charge in [0.1, 0.15) is 5.82 Å². The quantitative estimate of drug-likeness (QED) is 0.829. The molecule has 2 aromatic rings. The van der Waals surface area contributed by atoms with Crippen LogP contribution in [-0.4, -0.2) is 21.0 Å². The predicted molar refractivity (Wildman–Crippen MR) is 62.4 cm³/mol. The second-order valence-electron chi connectivity index (χ2n) is 3.40. The molecule has 2 heterocycles. The molecule has 0 aliphatic heterocycles. The molecule has 0 saturated heterocycles. The van der Waals surface area contributed by atoms with Crippen molar-refractivity contribution in [3.05, 3.63) is 54.0 Å². The van der Waals surface area contributed by atoms with Gasteiger partial charge in [0.05, 0.1) is 12.2 Å². The van der Waals surface area contributed by atoms with Gasteiger partial charge in [0.2, 0.25) is 0 Å². The molecule has 5 heteroatoms. The molecule has 17 heavy (non-hydrogen) atoms. The van der Waals surface area contributed by atoms with Gasteiger partial charge in [-0.2, -0.15) is 0 Å². The highest BCUT2D eigenvalue weighted by Gasteiger charge is 2.06. The molecule has 0 unspecified atom stereocenters. The summed E-state index contributed by atoms with van der Waals surface area (Å²) in [4.78, 5) is 19.6. The molecule has 0 spiro atoms. The fraction of sp³-hybridized carbons (Fsp3) is 0.0833. The molecule has 86 valence electrons. The van der Waals surface area contributed by atoms with E-state index in [1.165, 1.54) is 12.4 Å². The summed E-state index contributed by atoms with van der Waals surface area (Å²) in [5.41, 5.74) is 1.16. The summed E-state index contributed by atoms with van der Waals surface area (Å²) in [6.45, 7) is -0.0850. The Balaban J connectivity index is 2.13. The Morgan fingerprint density at radius 1 is 1.35 bits per heavy atom. The first-order valence-corrected chi connectivity index (χ1v) is 5.07. The topological polar surface area (TPSA) is 75.1 Å². The van der Waals surface area contributed by atoms with Crippen molar-refractivity contribution in [2.75, 3.05) is 5.32 Å². The molecule has 0 radical (unpaired) electrons. The zero-order chi connectivity index (χ0) is 12.1. The average molecular weight is 229 g/mol. The number of hydrogen-bond donors (Lipinski definition) is 2. The summed E-state index contributed by atoms with van der Waals surface area (Å²) in [6, 6.07) is 6.65. The minimum atomic E-state index is -0.277. The fourth-order valence-electron chi connectivity index (χ4n) is 1.33. The van der Waals surface area contributed by atoms with Crippen LogP contribution in [0.3, 0.4) is 0 Å². The van der Waals surface area contributed by atoms with Crippen molar-refractivity contribution >= 4 is 11.7 Å². The van der Waals surface area contributed by atoms with Crippen molar-refractivity contribution in [3.8, 4) is 0 Å². The van der Waals surface area contributed by atoms with Gasteiger partial charge in [0.25, 0.3) is 5.91 Å². The van der Waals surface area contributed by atoms with Crippen LogP contribution in [0.2, 0.25) is 0 Å². The number of anilines is 1. The number of amides is 1. The van der Waals surface area contributed by atoms with E-state index in [2.05, 4.69) is 15.3 Å². The van der Waals surface area contributed by atoms with Gasteiger partial charge in [-0.3, -0.25) is 9.78 Å². The van der Waals surface area contributed by atoms with E-state index in [0.29, 0.717) is 16.9 Å². The number of aliphatic hydroxyl groups excluding tert-OH is 1. The smallest absolute Gasteiger partial charge is 0.258 e. The number of carbonyl (C=O) groups is 1. The number of pyridine rings is 2. The molecule has 2 aromatic heterocycles. The first-order valence-electron chi connectivity index (χ1n) is 5.07. The summed E-state index contributed by atoms with van der Waals surface area (Å²) in [6.07, 6.45) is 4.61. The second kappa shape index (κ2) is 5.18. The van der Waals surface area contributed by atoms with Crippen molar-refractivity contribution in [1.82, 2.24) is 9.97 Å². The zero-order valence-electron chi connectivity index (χ0n) is 9.00. The molecule has 0 aromatic carbocycles. The highest BCUT2D eigenvalue weighted by molar-refractivity contribution is 6.03. The van der Waals surface area contributed by atoms with Gasteiger partial charge in [-0.25, -0.2) is 4.98 Å². The third kappa shape index (κ3) is 2.85. The van der Waals surface area contributed by atoms with Gasteiger partial charge in [-0.15, -0.1) is 0 Å². The zero-order valence-corrected chi connectivity index (χ0v) is 9.00. The van der Waals surface area contributed by atoms with Gasteiger partial charge in [0, 0.05) is 18.6 Å². The number of rotatable bonds is 3. The summed E-state index contributed by atoms with van der Waals surface area (Å²) < 4.78 is 0. The van der Waals surface area contributed by atoms with E-state index in [4.69, 9.17) is 5.11 Å². The van der Waals surface area contributed by atoms with E-state index in [0.717, 1.165) is 0 Å². The maximum atomic E-state index is 11.8. The van der Waals surface area contributed by atoms with Crippen molar-refractivity contribution in [2.24, 2.45) is 0 Å². The van der Waals surface area contributed by atoms with E-state index in [-0.39, 0.29) is 12.5 Å². The van der Waals surface area contributed by atoms with Gasteiger partial charge in [-0.05, 0) is 29.8 Å². The lowest BCUT2D eigenvalue weighted by atomic mass is 10.2. The van der Waals surface area contributed by atoms with Crippen LogP contribution in [0.1, 0.15) is 15.9 Å². The molecule has 0 atom stereocenters. The number of hydrogen-bond acceptors (Lipinski definition) is 4. The molecule has 2 N–H and O–H groups in total. The average Bonchev–Trinajstić information content (AvgIpc) is 2.40. The van der Waals surface area contributed by atoms with E-state index in [1.807, 2.05) is 0 Å². The second-order valence-corrected chi connectivity index (χ2v) is 3.40. The number of aromatic nitrogens is 2. The number of nitrogens with zero attached hydrogens (tertiary/aromatic N) is 2. The van der Waals surface area contributed by atoms with Gasteiger partial charge in [0.15, 0.2) is 0 Å². The number of carbonyl (C=O) groups excluding carboxylic acids is 1. The van der Waals surface area contributed by atoms with Crippen LogP contribution in [0, 0.1) is 0 Å². The number of aliphatic hydroxyl groups is 1. The lowest BCUT2D eigenvalue weighted by molar-refractivity contribution is 0.102. The molecule has 1 amide bonds. The Morgan fingerprint density at radius 3 is 2.94 bits per heavy atom. The van der Waals surface area contributed by atoms with Crippen LogP contribution < -0.4 is 5.32 Å². The lowest BCUT2D eigenvalue weighted by Crippen LogP contribution is -2.13. The Morgan fingerprint density at radius 2 is 2.24 bits per heavy atom. The Kier molecular flexibility index (Phi) is 3.42. The van der Waals surface area contributed by atoms with Crippen LogP contribution in [0.15, 0.2) is 42.9 Å². The highest BCUT2D eigenvalue weighted by Crippen LogP contribution is 2.08. The first-order chi connectivity index (χ1) is 8.29. The largest absolute Gasteiger partial charge is 0.392 e. The van der Waals surface area contributed by atoms with Crippen LogP contribution in [0.4, 0.5) is 5.82 Å². The minimum Gasteiger partial charge on any atom is -0.392 e. The van der Waals surface area contributed by atoms with Crippen molar-refractivity contribution in [2.45, 2.75) is 6.61 Å². The normalized spacial score (nSPS) is 9.94. The monoisotopic (exact) mass is 229 g/mol. The molecule has 0 fully saturated rings. The molecule has 0 saturated carbocycles. The van der Waals surface area contributed by atoms with Gasteiger partial charge in [-0.1, -0.05) is 0 Å². The predicted octanol–water partition coefficient (Wildman–Crippen LogP) is 1.22. The van der Waals surface area contributed by atoms with Crippen molar-refractivity contribution in [1.29, 1.82) is 0 Å². The van der Waals surface area contributed by atoms with E-state index >= 15 is 0 Å². The van der Waals surface area contributed by atoms with Gasteiger partial charge >= 0.3 is 0 Å². The number of nitrogens with one attached hydrogen (secondary N) is 1. The Labute approximate surface area is 98.2 Å². The Hall–Kier alpha value is -2.27. The summed E-state index contributed by atoms with van der Waals surface area (Å²) >= 11 is 0. The highest BCUT2D eigenvalue weighted by atomic mass is 16.3. The molecule has 0 aliphatic carbocycles. The lowest BCUT2D eigenvalue weighted by Gasteiger charge is -2.04. The standard InChI is InChI=1S/C12H11N3O2/c16-8-9-3-5-14-11(6-9)15-12(17)10-2-1-4-13-7-10/h1-7,16H,8H2,(H,14,15,17). The molecule has 2 rings (SSSR count). The molecular weight excluding hydrogens is 218 g/mol. The van der Waals surface area contributed by atoms with Crippen LogP contribution >= 0.6 is 0 Å². The molecular formula is C12H11N3O2. The third-order valence-electron chi connectivity index (χ3n) is 2.17. The SMILES string of the molecule is O=C(Nc1cc(CO)ccn1)c1cccnc1. The maximum absolute atomic E-state index is 11.8. The molecule has 0 aliphatic rings. The van der Waals surface area contributed by atoms with E-state index in [1.54, 1.807) is 30.5 Å². The maximum Gasteiger partial charge on any atom is 0.258 e. The minimum absolute atomic E-state index is 0.0850. The van der Waals surface area contributed by atoms with Gasteiger partial charge < -0.3 is 10.4 Å². The van der Waals surface area contributed by atoms with E-state index in [9.17, 15) is 4.79 Å². The first kappa shape index (κ1) is 11.2. The van der Waals surface area contributed by atoms with Crippen molar-refractivity contribution in [3.63, 3.8) is 0 Å². The Bertz CT molecular complexity index is 514. The van der Waals surface area contributed by atoms with Crippen molar-refractivity contribution < 1.29 is 9.90 Å². The van der Waals surface area contributed by atoms with E-state index < -0.39 is 0 Å². The molecule has 0 bridgehead atoms. The summed E-state index contributed by atoms with van der Waals surface area (Å²) in [7, 11) is 0. The van der Waals surface area contributed by atoms with Crippen LogP contribution in [-0.2, 0) is 6.61 Å².